The third-order valence-electron chi connectivity index (χ3n) is 4.75. The van der Waals surface area contributed by atoms with Gasteiger partial charge in [-0.05, 0) is 60.2 Å². The van der Waals surface area contributed by atoms with Gasteiger partial charge in [-0.25, -0.2) is 13.8 Å². The third-order valence-corrected chi connectivity index (χ3v) is 6.84. The van der Waals surface area contributed by atoms with E-state index in [9.17, 15) is 26.4 Å². The van der Waals surface area contributed by atoms with Crippen molar-refractivity contribution in [2.45, 2.75) is 11.1 Å². The second-order valence-electron chi connectivity index (χ2n) is 7.30. The molecule has 0 aliphatic carbocycles. The second-order valence-corrected chi connectivity index (χ2v) is 9.57. The first-order valence-electron chi connectivity index (χ1n) is 10.4. The van der Waals surface area contributed by atoms with Crippen molar-refractivity contribution in [3.05, 3.63) is 88.9 Å². The number of halogens is 4. The molecule has 0 spiro atoms. The molecule has 0 saturated carbocycles. The summed E-state index contributed by atoms with van der Waals surface area (Å²) in [6.45, 7) is -1.03. The number of amides is 1. The SMILES string of the molecule is N#CCOc1ccc(/C=N\NC(=O)CN(c2cc(C(F)(F)F)ccc2Cl)S(=O)(=O)c2ccccc2)cc1. The van der Waals surface area contributed by atoms with E-state index in [-0.39, 0.29) is 16.5 Å². The van der Waals surface area contributed by atoms with E-state index in [1.54, 1.807) is 30.3 Å². The average molecular weight is 551 g/mol. The van der Waals surface area contributed by atoms with Gasteiger partial charge < -0.3 is 4.74 Å². The first-order chi connectivity index (χ1) is 17.5. The number of carbonyl (C=O) groups is 1. The maximum atomic E-state index is 13.3. The van der Waals surface area contributed by atoms with E-state index in [2.05, 4.69) is 10.5 Å². The Morgan fingerprint density at radius 1 is 1.11 bits per heavy atom. The van der Waals surface area contributed by atoms with Crippen molar-refractivity contribution < 1.29 is 31.1 Å². The van der Waals surface area contributed by atoms with Gasteiger partial charge in [0.15, 0.2) is 6.61 Å². The minimum atomic E-state index is -4.77. The van der Waals surface area contributed by atoms with E-state index < -0.39 is 39.9 Å². The molecule has 3 aromatic rings. The van der Waals surface area contributed by atoms with Gasteiger partial charge >= 0.3 is 6.18 Å². The fourth-order valence-corrected chi connectivity index (χ4v) is 4.73. The monoisotopic (exact) mass is 550 g/mol. The highest BCUT2D eigenvalue weighted by Crippen LogP contribution is 2.37. The molecular formula is C24H18ClF3N4O4S. The lowest BCUT2D eigenvalue weighted by atomic mass is 10.2. The largest absolute Gasteiger partial charge is 0.479 e. The minimum Gasteiger partial charge on any atom is -0.479 e. The van der Waals surface area contributed by atoms with Gasteiger partial charge in [0.25, 0.3) is 15.9 Å². The van der Waals surface area contributed by atoms with Gasteiger partial charge in [-0.15, -0.1) is 0 Å². The summed E-state index contributed by atoms with van der Waals surface area (Å²) in [6.07, 6.45) is -3.51. The predicted octanol–water partition coefficient (Wildman–Crippen LogP) is 4.61. The molecule has 0 aromatic heterocycles. The molecule has 0 aliphatic rings. The van der Waals surface area contributed by atoms with Crippen LogP contribution in [-0.2, 0) is 21.0 Å². The zero-order chi connectivity index (χ0) is 27.1. The summed E-state index contributed by atoms with van der Waals surface area (Å²) in [7, 11) is -4.49. The number of sulfonamides is 1. The van der Waals surface area contributed by atoms with Crippen LogP contribution in [0.4, 0.5) is 18.9 Å². The van der Waals surface area contributed by atoms with Gasteiger partial charge in [0.05, 0.1) is 27.4 Å². The van der Waals surface area contributed by atoms with Gasteiger partial charge in [-0.1, -0.05) is 29.8 Å². The van der Waals surface area contributed by atoms with Crippen LogP contribution in [0.5, 0.6) is 5.75 Å². The Kier molecular flexibility index (Phi) is 8.75. The highest BCUT2D eigenvalue weighted by atomic mass is 35.5. The first kappa shape index (κ1) is 27.5. The van der Waals surface area contributed by atoms with E-state index >= 15 is 0 Å². The Bertz CT molecular complexity index is 1430. The molecule has 0 aliphatic heterocycles. The summed E-state index contributed by atoms with van der Waals surface area (Å²) in [6, 6.07) is 17.3. The van der Waals surface area contributed by atoms with Crippen molar-refractivity contribution in [1.82, 2.24) is 5.43 Å². The smallest absolute Gasteiger partial charge is 0.416 e. The maximum absolute atomic E-state index is 13.3. The molecule has 3 rings (SSSR count). The second kappa shape index (κ2) is 11.8. The van der Waals surface area contributed by atoms with Crippen molar-refractivity contribution in [2.75, 3.05) is 17.5 Å². The van der Waals surface area contributed by atoms with Crippen molar-refractivity contribution in [1.29, 1.82) is 5.26 Å². The number of ether oxygens (including phenoxy) is 1. The van der Waals surface area contributed by atoms with Gasteiger partial charge in [0, 0.05) is 0 Å². The highest BCUT2D eigenvalue weighted by Gasteiger charge is 2.34. The normalized spacial score (nSPS) is 11.6. The number of rotatable bonds is 9. The van der Waals surface area contributed by atoms with Crippen LogP contribution in [0.3, 0.4) is 0 Å². The molecule has 0 heterocycles. The summed E-state index contributed by atoms with van der Waals surface area (Å²) in [4.78, 5) is 12.4. The van der Waals surface area contributed by atoms with Crippen LogP contribution < -0.4 is 14.5 Å². The predicted molar refractivity (Wildman–Crippen MR) is 131 cm³/mol. The maximum Gasteiger partial charge on any atom is 0.416 e. The summed E-state index contributed by atoms with van der Waals surface area (Å²) in [5, 5.41) is 12.0. The van der Waals surface area contributed by atoms with Crippen LogP contribution >= 0.6 is 11.6 Å². The quantitative estimate of drug-likeness (QED) is 0.309. The number of hydrazone groups is 1. The summed E-state index contributed by atoms with van der Waals surface area (Å²) in [5.74, 6) is -0.485. The molecule has 192 valence electrons. The standard InChI is InChI=1S/C24H18ClF3N4O4S/c25-21-11-8-18(24(26,27)28)14-22(21)32(37(34,35)20-4-2-1-3-5-20)16-23(33)31-30-15-17-6-9-19(10-7-17)36-13-12-29/h1-11,14-15H,13,16H2,(H,31,33)/b30-15-. The molecule has 0 unspecified atom stereocenters. The molecule has 3 aromatic carbocycles. The van der Waals surface area contributed by atoms with Crippen molar-refractivity contribution in [2.24, 2.45) is 5.10 Å². The third kappa shape index (κ3) is 7.22. The Labute approximate surface area is 215 Å². The zero-order valence-corrected chi connectivity index (χ0v) is 20.4. The van der Waals surface area contributed by atoms with E-state index in [1.165, 1.54) is 30.5 Å². The number of hydrogen-bond donors (Lipinski definition) is 1. The highest BCUT2D eigenvalue weighted by molar-refractivity contribution is 7.92. The van der Waals surface area contributed by atoms with Gasteiger partial charge in [0.1, 0.15) is 18.4 Å². The Morgan fingerprint density at radius 2 is 1.78 bits per heavy atom. The molecule has 8 nitrogen and oxygen atoms in total. The number of hydrogen-bond acceptors (Lipinski definition) is 6. The fraction of sp³-hybridized carbons (Fsp3) is 0.125. The molecule has 37 heavy (non-hydrogen) atoms. The Hall–Kier alpha value is -4.08. The Balaban J connectivity index is 1.86. The van der Waals surface area contributed by atoms with Crippen LogP contribution in [0.15, 0.2) is 82.8 Å². The van der Waals surface area contributed by atoms with Crippen LogP contribution in [-0.4, -0.2) is 33.7 Å². The number of carbonyl (C=O) groups excluding carboxylic acids is 1. The molecular weight excluding hydrogens is 533 g/mol. The molecule has 1 N–H and O–H groups in total. The molecule has 13 heteroatoms. The van der Waals surface area contributed by atoms with Crippen molar-refractivity contribution in [3.63, 3.8) is 0 Å². The minimum absolute atomic E-state index is 0.123. The number of benzene rings is 3. The molecule has 0 radical (unpaired) electrons. The zero-order valence-electron chi connectivity index (χ0n) is 18.8. The topological polar surface area (TPSA) is 112 Å². The lowest BCUT2D eigenvalue weighted by Crippen LogP contribution is -2.40. The average Bonchev–Trinajstić information content (AvgIpc) is 2.87. The van der Waals surface area contributed by atoms with Crippen molar-refractivity contribution in [3.8, 4) is 11.8 Å². The molecule has 1 amide bonds. The molecule has 0 fully saturated rings. The van der Waals surface area contributed by atoms with Crippen molar-refractivity contribution >= 4 is 39.4 Å². The number of nitrogens with zero attached hydrogens (tertiary/aromatic N) is 3. The number of anilines is 1. The van der Waals surface area contributed by atoms with Crippen LogP contribution in [0, 0.1) is 11.3 Å². The number of alkyl halides is 3. The lowest BCUT2D eigenvalue weighted by molar-refractivity contribution is -0.137. The first-order valence-corrected chi connectivity index (χ1v) is 12.2. The molecule has 0 bridgehead atoms. The van der Waals surface area contributed by atoms with E-state index in [0.717, 1.165) is 6.07 Å². The fourth-order valence-electron chi connectivity index (χ4n) is 3.01. The molecule has 0 saturated heterocycles. The van der Waals surface area contributed by atoms with E-state index in [0.29, 0.717) is 27.8 Å². The molecule has 0 atom stereocenters. The van der Waals surface area contributed by atoms with Gasteiger partial charge in [-0.2, -0.15) is 23.5 Å². The van der Waals surface area contributed by atoms with E-state index in [4.69, 9.17) is 21.6 Å². The van der Waals surface area contributed by atoms with Crippen LogP contribution in [0.1, 0.15) is 11.1 Å². The number of nitrogens with one attached hydrogen (secondary N) is 1. The number of nitriles is 1. The summed E-state index contributed by atoms with van der Waals surface area (Å²) in [5.41, 5.74) is 1.03. The van der Waals surface area contributed by atoms with E-state index in [1.807, 2.05) is 6.07 Å². The summed E-state index contributed by atoms with van der Waals surface area (Å²) >= 11 is 6.08. The summed E-state index contributed by atoms with van der Waals surface area (Å²) < 4.78 is 72.2. The van der Waals surface area contributed by atoms with Gasteiger partial charge in [-0.3, -0.25) is 9.10 Å². The lowest BCUT2D eigenvalue weighted by Gasteiger charge is -2.25. The van der Waals surface area contributed by atoms with Crippen LogP contribution in [0.25, 0.3) is 0 Å². The van der Waals surface area contributed by atoms with Crippen LogP contribution in [0.2, 0.25) is 5.02 Å². The van der Waals surface area contributed by atoms with Gasteiger partial charge in [0.2, 0.25) is 0 Å². The Morgan fingerprint density at radius 3 is 2.41 bits per heavy atom.